The van der Waals surface area contributed by atoms with E-state index in [0.29, 0.717) is 0 Å². The minimum atomic E-state index is -0.386. The maximum absolute atomic E-state index is 11.2. The molecule has 5 heteroatoms. The van der Waals surface area contributed by atoms with Crippen LogP contribution in [-0.4, -0.2) is 28.2 Å². The molecule has 1 rings (SSSR count). The minimum absolute atomic E-state index is 0.0232. The second-order valence-corrected chi connectivity index (χ2v) is 2.48. The summed E-state index contributed by atoms with van der Waals surface area (Å²) >= 11 is 0. The number of amides is 1. The van der Waals surface area contributed by atoms with Gasteiger partial charge in [-0.1, -0.05) is 0 Å². The van der Waals surface area contributed by atoms with Gasteiger partial charge in [0.25, 0.3) is 5.91 Å². The van der Waals surface area contributed by atoms with Crippen LogP contribution in [0, 0.1) is 0 Å². The lowest BCUT2D eigenvalue weighted by Crippen LogP contribution is -2.28. The molecule has 1 amide bonds. The monoisotopic (exact) mass is 179 g/mol. The first-order valence-electron chi connectivity index (χ1n) is 3.74. The number of hydrogen-bond donors (Lipinski definition) is 1. The molecule has 0 aliphatic carbocycles. The van der Waals surface area contributed by atoms with Gasteiger partial charge in [0.15, 0.2) is 0 Å². The van der Waals surface area contributed by atoms with E-state index in [1.807, 2.05) is 0 Å². The highest BCUT2D eigenvalue weighted by Gasteiger charge is 2.05. The summed E-state index contributed by atoms with van der Waals surface area (Å²) in [6.07, 6.45) is 4.24. The summed E-state index contributed by atoms with van der Waals surface area (Å²) in [6, 6.07) is 0. The first kappa shape index (κ1) is 9.31. The first-order chi connectivity index (χ1) is 6.20. The van der Waals surface area contributed by atoms with Gasteiger partial charge in [0.2, 0.25) is 0 Å². The Morgan fingerprint density at radius 3 is 2.77 bits per heavy atom. The van der Waals surface area contributed by atoms with E-state index in [0.717, 1.165) is 0 Å². The van der Waals surface area contributed by atoms with Gasteiger partial charge in [-0.05, 0) is 6.92 Å². The Bertz CT molecular complexity index is 310. The molecule has 0 atom stereocenters. The molecule has 0 aromatic carbocycles. The van der Waals surface area contributed by atoms with Crippen molar-refractivity contribution in [2.75, 3.05) is 6.54 Å². The highest BCUT2D eigenvalue weighted by atomic mass is 16.2. The number of carbonyl (C=O) groups is 2. The van der Waals surface area contributed by atoms with Gasteiger partial charge in [-0.25, -0.2) is 4.98 Å². The predicted molar refractivity (Wildman–Crippen MR) is 45.0 cm³/mol. The Hall–Kier alpha value is -1.78. The van der Waals surface area contributed by atoms with E-state index in [2.05, 4.69) is 15.3 Å². The van der Waals surface area contributed by atoms with Gasteiger partial charge in [0.1, 0.15) is 11.5 Å². The minimum Gasteiger partial charge on any atom is -0.344 e. The first-order valence-corrected chi connectivity index (χ1v) is 3.74. The number of nitrogens with one attached hydrogen (secondary N) is 1. The molecular weight excluding hydrogens is 170 g/mol. The molecule has 68 valence electrons. The molecule has 0 bridgehead atoms. The summed E-state index contributed by atoms with van der Waals surface area (Å²) in [5, 5.41) is 2.41. The van der Waals surface area contributed by atoms with E-state index < -0.39 is 0 Å². The number of rotatable bonds is 3. The number of aromatic nitrogens is 2. The van der Waals surface area contributed by atoms with Crippen LogP contribution in [0.3, 0.4) is 0 Å². The molecule has 1 heterocycles. The molecule has 0 radical (unpaired) electrons. The van der Waals surface area contributed by atoms with E-state index in [4.69, 9.17) is 0 Å². The molecule has 1 aromatic rings. The number of ketones is 1. The molecule has 0 fully saturated rings. The second kappa shape index (κ2) is 4.30. The maximum Gasteiger partial charge on any atom is 0.271 e. The van der Waals surface area contributed by atoms with E-state index >= 15 is 0 Å². The standard InChI is InChI=1S/C8H9N3O2/c1-6(12)4-11-8(13)7-5-9-2-3-10-7/h2-3,5H,4H2,1H3,(H,11,13). The average molecular weight is 179 g/mol. The Balaban J connectivity index is 2.54. The Kier molecular flexibility index (Phi) is 3.08. The summed E-state index contributed by atoms with van der Waals surface area (Å²) in [7, 11) is 0. The summed E-state index contributed by atoms with van der Waals surface area (Å²) < 4.78 is 0. The lowest BCUT2D eigenvalue weighted by molar-refractivity contribution is -0.116. The Morgan fingerprint density at radius 2 is 2.23 bits per heavy atom. The fourth-order valence-electron chi connectivity index (χ4n) is 0.712. The van der Waals surface area contributed by atoms with Crippen LogP contribution in [0.15, 0.2) is 18.6 Å². The molecule has 0 spiro atoms. The Morgan fingerprint density at radius 1 is 1.46 bits per heavy atom. The van der Waals surface area contributed by atoms with Crippen LogP contribution in [0.2, 0.25) is 0 Å². The largest absolute Gasteiger partial charge is 0.344 e. The SMILES string of the molecule is CC(=O)CNC(=O)c1cnccn1. The molecule has 1 aromatic heterocycles. The molecule has 0 unspecified atom stereocenters. The van der Waals surface area contributed by atoms with Crippen molar-refractivity contribution >= 4 is 11.7 Å². The summed E-state index contributed by atoms with van der Waals surface area (Å²) in [5.74, 6) is -0.486. The third-order valence-corrected chi connectivity index (χ3v) is 1.29. The Labute approximate surface area is 75.2 Å². The van der Waals surface area contributed by atoms with Crippen LogP contribution >= 0.6 is 0 Å². The summed E-state index contributed by atoms with van der Waals surface area (Å²) in [4.78, 5) is 29.2. The fourth-order valence-corrected chi connectivity index (χ4v) is 0.712. The molecular formula is C8H9N3O2. The quantitative estimate of drug-likeness (QED) is 0.697. The van der Waals surface area contributed by atoms with Crippen LogP contribution in [0.25, 0.3) is 0 Å². The van der Waals surface area contributed by atoms with Crippen molar-refractivity contribution in [1.29, 1.82) is 0 Å². The maximum atomic E-state index is 11.2. The van der Waals surface area contributed by atoms with Crippen LogP contribution in [0.1, 0.15) is 17.4 Å². The third-order valence-electron chi connectivity index (χ3n) is 1.29. The average Bonchev–Trinajstić information content (AvgIpc) is 2.15. The zero-order valence-electron chi connectivity index (χ0n) is 7.15. The molecule has 13 heavy (non-hydrogen) atoms. The van der Waals surface area contributed by atoms with Crippen molar-refractivity contribution in [2.24, 2.45) is 0 Å². The van der Waals surface area contributed by atoms with E-state index in [-0.39, 0.29) is 23.9 Å². The van der Waals surface area contributed by atoms with Crippen molar-refractivity contribution in [2.45, 2.75) is 6.92 Å². The smallest absolute Gasteiger partial charge is 0.271 e. The molecule has 0 saturated carbocycles. The van der Waals surface area contributed by atoms with Gasteiger partial charge in [-0.3, -0.25) is 14.6 Å². The van der Waals surface area contributed by atoms with Crippen molar-refractivity contribution in [1.82, 2.24) is 15.3 Å². The lowest BCUT2D eigenvalue weighted by Gasteiger charge is -1.99. The zero-order chi connectivity index (χ0) is 9.68. The topological polar surface area (TPSA) is 72.0 Å². The number of Topliss-reactive ketones (excluding diaryl/α,β-unsaturated/α-hetero) is 1. The summed E-state index contributed by atoms with van der Waals surface area (Å²) in [5.41, 5.74) is 0.212. The van der Waals surface area contributed by atoms with Gasteiger partial charge in [-0.2, -0.15) is 0 Å². The number of nitrogens with zero attached hydrogens (tertiary/aromatic N) is 2. The van der Waals surface area contributed by atoms with Gasteiger partial charge in [0, 0.05) is 12.4 Å². The second-order valence-electron chi connectivity index (χ2n) is 2.48. The van der Waals surface area contributed by atoms with E-state index in [1.165, 1.54) is 25.5 Å². The van der Waals surface area contributed by atoms with Gasteiger partial charge < -0.3 is 5.32 Å². The lowest BCUT2D eigenvalue weighted by atomic mass is 10.4. The van der Waals surface area contributed by atoms with Crippen LogP contribution in [0.4, 0.5) is 0 Å². The summed E-state index contributed by atoms with van der Waals surface area (Å²) in [6.45, 7) is 1.42. The highest BCUT2D eigenvalue weighted by molar-refractivity contribution is 5.94. The number of carbonyl (C=O) groups excluding carboxylic acids is 2. The van der Waals surface area contributed by atoms with Crippen LogP contribution in [0.5, 0.6) is 0 Å². The predicted octanol–water partition coefficient (Wildman–Crippen LogP) is -0.205. The van der Waals surface area contributed by atoms with Crippen molar-refractivity contribution < 1.29 is 9.59 Å². The molecule has 5 nitrogen and oxygen atoms in total. The van der Waals surface area contributed by atoms with Gasteiger partial charge in [0.05, 0.1) is 12.7 Å². The van der Waals surface area contributed by atoms with E-state index in [1.54, 1.807) is 0 Å². The van der Waals surface area contributed by atoms with Crippen molar-refractivity contribution in [3.63, 3.8) is 0 Å². The fraction of sp³-hybridized carbons (Fsp3) is 0.250. The van der Waals surface area contributed by atoms with Crippen molar-refractivity contribution in [3.8, 4) is 0 Å². The normalized spacial score (nSPS) is 9.31. The molecule has 0 aliphatic heterocycles. The van der Waals surface area contributed by atoms with Crippen LogP contribution < -0.4 is 5.32 Å². The van der Waals surface area contributed by atoms with Crippen LogP contribution in [-0.2, 0) is 4.79 Å². The van der Waals surface area contributed by atoms with E-state index in [9.17, 15) is 9.59 Å². The zero-order valence-corrected chi connectivity index (χ0v) is 7.15. The molecule has 0 saturated heterocycles. The highest BCUT2D eigenvalue weighted by Crippen LogP contribution is 1.88. The van der Waals surface area contributed by atoms with Crippen molar-refractivity contribution in [3.05, 3.63) is 24.3 Å². The molecule has 0 aliphatic rings. The van der Waals surface area contributed by atoms with Gasteiger partial charge >= 0.3 is 0 Å². The van der Waals surface area contributed by atoms with Gasteiger partial charge in [-0.15, -0.1) is 0 Å². The third kappa shape index (κ3) is 2.98. The number of hydrogen-bond acceptors (Lipinski definition) is 4. The molecule has 1 N–H and O–H groups in total.